The van der Waals surface area contributed by atoms with Crippen molar-refractivity contribution in [2.45, 2.75) is 31.1 Å². The maximum atomic E-state index is 6.02. The number of ether oxygens (including phenoxy) is 1. The van der Waals surface area contributed by atoms with Gasteiger partial charge in [-0.2, -0.15) is 0 Å². The lowest BCUT2D eigenvalue weighted by atomic mass is 9.64. The van der Waals surface area contributed by atoms with Crippen molar-refractivity contribution in [3.63, 3.8) is 0 Å². The van der Waals surface area contributed by atoms with E-state index in [-0.39, 0.29) is 0 Å². The molecule has 1 saturated heterocycles. The van der Waals surface area contributed by atoms with Crippen LogP contribution in [0, 0.1) is 5.92 Å². The second-order valence-corrected chi connectivity index (χ2v) is 6.92. The van der Waals surface area contributed by atoms with E-state index in [0.717, 1.165) is 17.5 Å². The molecule has 110 valence electrons. The fraction of sp³-hybridized carbons (Fsp3) is 0.647. The normalized spacial score (nSPS) is 25.6. The minimum absolute atomic E-state index is 0.381. The van der Waals surface area contributed by atoms with E-state index < -0.39 is 0 Å². The third kappa shape index (κ3) is 2.88. The molecule has 20 heavy (non-hydrogen) atoms. The van der Waals surface area contributed by atoms with Crippen LogP contribution >= 0.6 is 11.6 Å². The number of hydrogen-bond acceptors (Lipinski definition) is 2. The number of likely N-dealkylation sites (tertiary alicyclic amines) is 1. The van der Waals surface area contributed by atoms with Crippen molar-refractivity contribution in [2.75, 3.05) is 33.4 Å². The van der Waals surface area contributed by atoms with Gasteiger partial charge in [-0.3, -0.25) is 0 Å². The van der Waals surface area contributed by atoms with Crippen molar-refractivity contribution in [1.29, 1.82) is 0 Å². The first-order valence-electron chi connectivity index (χ1n) is 7.69. The van der Waals surface area contributed by atoms with Gasteiger partial charge >= 0.3 is 0 Å². The van der Waals surface area contributed by atoms with E-state index in [2.05, 4.69) is 17.0 Å². The molecule has 3 rings (SSSR count). The molecule has 1 aromatic carbocycles. The monoisotopic (exact) mass is 293 g/mol. The van der Waals surface area contributed by atoms with E-state index in [9.17, 15) is 0 Å². The quantitative estimate of drug-likeness (QED) is 0.820. The second kappa shape index (κ2) is 6.05. The summed E-state index contributed by atoms with van der Waals surface area (Å²) in [5, 5.41) is 0.838. The van der Waals surface area contributed by atoms with Gasteiger partial charge in [0.05, 0.1) is 6.61 Å². The minimum Gasteiger partial charge on any atom is -0.384 e. The number of hydrogen-bond donors (Lipinski definition) is 0. The highest BCUT2D eigenvalue weighted by Crippen LogP contribution is 2.45. The summed E-state index contributed by atoms with van der Waals surface area (Å²) in [7, 11) is 1.81. The van der Waals surface area contributed by atoms with E-state index in [1.165, 1.54) is 50.9 Å². The minimum atomic E-state index is 0.381. The molecule has 1 aliphatic heterocycles. The van der Waals surface area contributed by atoms with Gasteiger partial charge in [-0.15, -0.1) is 0 Å². The predicted molar refractivity (Wildman–Crippen MR) is 83.4 cm³/mol. The van der Waals surface area contributed by atoms with Crippen molar-refractivity contribution in [3.8, 4) is 0 Å². The topological polar surface area (TPSA) is 12.5 Å². The highest BCUT2D eigenvalue weighted by molar-refractivity contribution is 6.30. The Morgan fingerprint density at radius 3 is 2.65 bits per heavy atom. The summed E-state index contributed by atoms with van der Waals surface area (Å²) in [5.74, 6) is 0.724. The molecule has 0 N–H and O–H groups in total. The zero-order valence-corrected chi connectivity index (χ0v) is 13.0. The third-order valence-corrected chi connectivity index (χ3v) is 5.32. The van der Waals surface area contributed by atoms with Gasteiger partial charge in [-0.05, 0) is 49.4 Å². The van der Waals surface area contributed by atoms with Crippen LogP contribution in [0.5, 0.6) is 0 Å². The first-order chi connectivity index (χ1) is 9.72. The van der Waals surface area contributed by atoms with Crippen LogP contribution in [-0.2, 0) is 10.2 Å². The molecule has 0 spiro atoms. The van der Waals surface area contributed by atoms with Crippen LogP contribution in [0.25, 0.3) is 0 Å². The fourth-order valence-electron chi connectivity index (χ4n) is 3.80. The average molecular weight is 294 g/mol. The van der Waals surface area contributed by atoms with Gasteiger partial charge in [0.15, 0.2) is 0 Å². The predicted octanol–water partition coefficient (Wildman–Crippen LogP) is 3.73. The number of benzene rings is 1. The highest BCUT2D eigenvalue weighted by atomic mass is 35.5. The van der Waals surface area contributed by atoms with Gasteiger partial charge in [-0.25, -0.2) is 0 Å². The van der Waals surface area contributed by atoms with Gasteiger partial charge in [0, 0.05) is 30.6 Å². The van der Waals surface area contributed by atoms with E-state index in [1.807, 2.05) is 19.2 Å². The smallest absolute Gasteiger partial charge is 0.0503 e. The fourth-order valence-corrected chi connectivity index (χ4v) is 3.93. The summed E-state index contributed by atoms with van der Waals surface area (Å²) in [6, 6.07) is 8.53. The molecule has 1 aromatic rings. The Morgan fingerprint density at radius 1 is 1.30 bits per heavy atom. The lowest BCUT2D eigenvalue weighted by molar-refractivity contribution is 0.133. The van der Waals surface area contributed by atoms with Crippen molar-refractivity contribution < 1.29 is 4.74 Å². The van der Waals surface area contributed by atoms with Crippen LogP contribution in [0.1, 0.15) is 31.2 Å². The Morgan fingerprint density at radius 2 is 2.05 bits per heavy atom. The molecule has 0 radical (unpaired) electrons. The first kappa shape index (κ1) is 14.4. The molecule has 1 aliphatic carbocycles. The number of halogens is 1. The first-order valence-corrected chi connectivity index (χ1v) is 8.07. The van der Waals surface area contributed by atoms with Gasteiger partial charge < -0.3 is 9.64 Å². The molecule has 3 heteroatoms. The Labute approximate surface area is 127 Å². The molecule has 0 aromatic heterocycles. The van der Waals surface area contributed by atoms with E-state index >= 15 is 0 Å². The van der Waals surface area contributed by atoms with Gasteiger partial charge in [0.1, 0.15) is 0 Å². The summed E-state index contributed by atoms with van der Waals surface area (Å²) < 4.78 is 5.30. The maximum absolute atomic E-state index is 6.02. The Balaban J connectivity index is 1.66. The molecule has 0 bridgehead atoms. The SMILES string of the molecule is COCC1CCN(CC2(c3ccc(Cl)cc3)CCC2)C1. The number of nitrogens with zero attached hydrogens (tertiary/aromatic N) is 1. The molecule has 1 unspecified atom stereocenters. The zero-order valence-electron chi connectivity index (χ0n) is 12.3. The largest absolute Gasteiger partial charge is 0.384 e. The Hall–Kier alpha value is -0.570. The summed E-state index contributed by atoms with van der Waals surface area (Å²) in [5.41, 5.74) is 1.86. The molecular formula is C17H24ClNO. The Kier molecular flexibility index (Phi) is 4.34. The van der Waals surface area contributed by atoms with Crippen LogP contribution in [0.2, 0.25) is 5.02 Å². The number of rotatable bonds is 5. The standard InChI is InChI=1S/C17H24ClNO/c1-20-12-14-7-10-19(11-14)13-17(8-2-9-17)15-3-5-16(18)6-4-15/h3-6,14H,2,7-13H2,1H3. The summed E-state index contributed by atoms with van der Waals surface area (Å²) >= 11 is 6.02. The van der Waals surface area contributed by atoms with Crippen LogP contribution in [0.4, 0.5) is 0 Å². The van der Waals surface area contributed by atoms with E-state index in [0.29, 0.717) is 5.41 Å². The van der Waals surface area contributed by atoms with Crippen LogP contribution < -0.4 is 0 Å². The van der Waals surface area contributed by atoms with Crippen molar-refractivity contribution >= 4 is 11.6 Å². The summed E-state index contributed by atoms with van der Waals surface area (Å²) in [6.07, 6.45) is 5.28. The third-order valence-electron chi connectivity index (χ3n) is 5.07. The van der Waals surface area contributed by atoms with Crippen molar-refractivity contribution in [1.82, 2.24) is 4.90 Å². The van der Waals surface area contributed by atoms with Gasteiger partial charge in [0.2, 0.25) is 0 Å². The second-order valence-electron chi connectivity index (χ2n) is 6.49. The highest BCUT2D eigenvalue weighted by Gasteiger charge is 2.41. The molecule has 0 amide bonds. The maximum Gasteiger partial charge on any atom is 0.0503 e. The van der Waals surface area contributed by atoms with Crippen LogP contribution in [-0.4, -0.2) is 38.3 Å². The molecule has 1 heterocycles. The van der Waals surface area contributed by atoms with Crippen molar-refractivity contribution in [3.05, 3.63) is 34.9 Å². The van der Waals surface area contributed by atoms with Crippen molar-refractivity contribution in [2.24, 2.45) is 5.92 Å². The van der Waals surface area contributed by atoms with Crippen LogP contribution in [0.15, 0.2) is 24.3 Å². The lowest BCUT2D eigenvalue weighted by Gasteiger charge is -2.45. The van der Waals surface area contributed by atoms with Gasteiger partial charge in [0.25, 0.3) is 0 Å². The summed E-state index contributed by atoms with van der Waals surface area (Å²) in [4.78, 5) is 2.64. The molecule has 1 saturated carbocycles. The molecule has 1 atom stereocenters. The van der Waals surface area contributed by atoms with Crippen LogP contribution in [0.3, 0.4) is 0 Å². The molecule has 2 fully saturated rings. The summed E-state index contributed by atoms with van der Waals surface area (Å²) in [6.45, 7) is 4.53. The van der Waals surface area contributed by atoms with Gasteiger partial charge in [-0.1, -0.05) is 30.2 Å². The van der Waals surface area contributed by atoms with E-state index in [1.54, 1.807) is 0 Å². The zero-order chi connectivity index (χ0) is 14.0. The molecular weight excluding hydrogens is 270 g/mol. The average Bonchev–Trinajstić information content (AvgIpc) is 2.83. The molecule has 2 nitrogen and oxygen atoms in total. The Bertz CT molecular complexity index is 441. The molecule has 2 aliphatic rings. The lowest BCUT2D eigenvalue weighted by Crippen LogP contribution is -2.45. The number of methoxy groups -OCH3 is 1. The van der Waals surface area contributed by atoms with E-state index in [4.69, 9.17) is 16.3 Å².